The fraction of sp³-hybridized carbons (Fsp3) is 0. The molecule has 0 aliphatic carbocycles. The lowest BCUT2D eigenvalue weighted by molar-refractivity contribution is 0.623. The Bertz CT molecular complexity index is 2060. The summed E-state index contributed by atoms with van der Waals surface area (Å²) in [4.78, 5) is 4.81. The lowest BCUT2D eigenvalue weighted by Crippen LogP contribution is -1.94. The van der Waals surface area contributed by atoms with E-state index in [4.69, 9.17) is 13.8 Å². The quantitative estimate of drug-likeness (QED) is 0.265. The molecule has 0 fully saturated rings. The van der Waals surface area contributed by atoms with E-state index in [0.717, 1.165) is 66.1 Å². The third-order valence-corrected chi connectivity index (χ3v) is 6.84. The van der Waals surface area contributed by atoms with E-state index in [1.807, 2.05) is 48.5 Å². The van der Waals surface area contributed by atoms with Crippen LogP contribution in [0.3, 0.4) is 0 Å². The van der Waals surface area contributed by atoms with Gasteiger partial charge in [0.05, 0.1) is 22.1 Å². The summed E-state index contributed by atoms with van der Waals surface area (Å²) in [6.07, 6.45) is 0. The minimum atomic E-state index is 0.629. The van der Waals surface area contributed by atoms with E-state index in [-0.39, 0.29) is 0 Å². The lowest BCUT2D eigenvalue weighted by Gasteiger charge is -2.08. The molecule has 4 heteroatoms. The number of aromatic nitrogens is 2. The van der Waals surface area contributed by atoms with Gasteiger partial charge in [-0.15, -0.1) is 0 Å². The molecule has 8 aromatic rings. The average Bonchev–Trinajstić information content (AvgIpc) is 3.60. The van der Waals surface area contributed by atoms with Gasteiger partial charge in [-0.2, -0.15) is 0 Å². The van der Waals surface area contributed by atoms with Crippen LogP contribution in [-0.2, 0) is 0 Å². The normalized spacial score (nSPS) is 12.0. The van der Waals surface area contributed by atoms with Gasteiger partial charge in [0.2, 0.25) is 5.89 Å². The zero-order chi connectivity index (χ0) is 22.9. The van der Waals surface area contributed by atoms with Crippen molar-refractivity contribution < 1.29 is 8.83 Å². The topological polar surface area (TPSA) is 44.1 Å². The van der Waals surface area contributed by atoms with Crippen LogP contribution >= 0.6 is 0 Å². The smallest absolute Gasteiger partial charge is 0.227 e. The number of hydrogen-bond donors (Lipinski definition) is 0. The molecule has 0 N–H and O–H groups in total. The number of furan rings is 1. The Labute approximate surface area is 199 Å². The Morgan fingerprint density at radius 2 is 1.31 bits per heavy atom. The summed E-state index contributed by atoms with van der Waals surface area (Å²) < 4.78 is 15.1. The van der Waals surface area contributed by atoms with Gasteiger partial charge in [0, 0.05) is 21.7 Å². The molecule has 5 aromatic carbocycles. The Morgan fingerprint density at radius 3 is 2.23 bits per heavy atom. The van der Waals surface area contributed by atoms with Crippen molar-refractivity contribution in [3.05, 3.63) is 109 Å². The first-order chi connectivity index (χ1) is 17.4. The first-order valence-corrected chi connectivity index (χ1v) is 11.7. The van der Waals surface area contributed by atoms with Crippen molar-refractivity contribution in [1.29, 1.82) is 0 Å². The fourth-order valence-corrected chi connectivity index (χ4v) is 5.31. The van der Waals surface area contributed by atoms with E-state index in [2.05, 4.69) is 65.2 Å². The van der Waals surface area contributed by atoms with Crippen LogP contribution in [0.5, 0.6) is 0 Å². The van der Waals surface area contributed by atoms with Crippen LogP contribution in [0.4, 0.5) is 0 Å². The molecule has 0 radical (unpaired) electrons. The highest BCUT2D eigenvalue weighted by Crippen LogP contribution is 2.41. The second kappa shape index (κ2) is 6.84. The zero-order valence-corrected chi connectivity index (χ0v) is 18.6. The van der Waals surface area contributed by atoms with Gasteiger partial charge in [-0.3, -0.25) is 0 Å². The van der Waals surface area contributed by atoms with Crippen molar-refractivity contribution in [1.82, 2.24) is 9.55 Å². The van der Waals surface area contributed by atoms with Gasteiger partial charge in [-0.1, -0.05) is 66.7 Å². The maximum atomic E-state index is 6.41. The summed E-state index contributed by atoms with van der Waals surface area (Å²) in [7, 11) is 0. The number of fused-ring (bicyclic) bond motifs is 8. The molecule has 3 aromatic heterocycles. The van der Waals surface area contributed by atoms with E-state index in [1.54, 1.807) is 0 Å². The highest BCUT2D eigenvalue weighted by atomic mass is 16.3. The summed E-state index contributed by atoms with van der Waals surface area (Å²) in [5.74, 6) is 0.629. The minimum absolute atomic E-state index is 0.629. The number of hydrogen-bond acceptors (Lipinski definition) is 3. The van der Waals surface area contributed by atoms with Crippen molar-refractivity contribution >= 4 is 54.8 Å². The Hall–Kier alpha value is -4.83. The number of para-hydroxylation sites is 3. The van der Waals surface area contributed by atoms with E-state index >= 15 is 0 Å². The van der Waals surface area contributed by atoms with Crippen molar-refractivity contribution in [2.75, 3.05) is 0 Å². The van der Waals surface area contributed by atoms with Gasteiger partial charge in [0.15, 0.2) is 11.2 Å². The van der Waals surface area contributed by atoms with Gasteiger partial charge in [-0.25, -0.2) is 4.98 Å². The molecule has 0 spiro atoms. The largest absolute Gasteiger partial charge is 0.454 e. The monoisotopic (exact) mass is 450 g/mol. The summed E-state index contributed by atoms with van der Waals surface area (Å²) in [5.41, 5.74) is 7.54. The number of oxazole rings is 1. The molecule has 0 unspecified atom stereocenters. The first-order valence-electron chi connectivity index (χ1n) is 11.7. The molecular weight excluding hydrogens is 432 g/mol. The second-order valence-corrected chi connectivity index (χ2v) is 8.80. The molecule has 164 valence electrons. The zero-order valence-electron chi connectivity index (χ0n) is 18.6. The molecular formula is C31H18N2O2. The number of nitrogens with zero attached hydrogens (tertiary/aromatic N) is 2. The Kier molecular flexibility index (Phi) is 3.63. The van der Waals surface area contributed by atoms with Crippen molar-refractivity contribution in [3.8, 4) is 17.1 Å². The van der Waals surface area contributed by atoms with Crippen LogP contribution in [0.15, 0.2) is 118 Å². The van der Waals surface area contributed by atoms with Crippen molar-refractivity contribution in [2.45, 2.75) is 0 Å². The van der Waals surface area contributed by atoms with Gasteiger partial charge >= 0.3 is 0 Å². The summed E-state index contributed by atoms with van der Waals surface area (Å²) in [5, 5.41) is 4.41. The van der Waals surface area contributed by atoms with Crippen molar-refractivity contribution in [3.63, 3.8) is 0 Å². The van der Waals surface area contributed by atoms with Crippen molar-refractivity contribution in [2.24, 2.45) is 0 Å². The second-order valence-electron chi connectivity index (χ2n) is 8.80. The highest BCUT2D eigenvalue weighted by molar-refractivity contribution is 6.20. The summed E-state index contributed by atoms with van der Waals surface area (Å²) in [6, 6.07) is 37.2. The molecule has 0 aliphatic rings. The molecule has 0 amide bonds. The van der Waals surface area contributed by atoms with Crippen LogP contribution < -0.4 is 0 Å². The highest BCUT2D eigenvalue weighted by Gasteiger charge is 2.21. The minimum Gasteiger partial charge on any atom is -0.454 e. The van der Waals surface area contributed by atoms with Gasteiger partial charge in [-0.05, 0) is 42.5 Å². The standard InChI is InChI=1S/C31H18N2O2/c1-2-9-19(10-3-1)31-32-23-17-18-25-28(30(23)35-31)22-12-4-6-14-24(22)33(25)26-15-8-13-21-20-11-5-7-16-27(20)34-29(21)26/h1-18H. The number of rotatable bonds is 2. The molecule has 0 aliphatic heterocycles. The molecule has 4 nitrogen and oxygen atoms in total. The van der Waals surface area contributed by atoms with Crippen LogP contribution in [0.1, 0.15) is 0 Å². The molecule has 35 heavy (non-hydrogen) atoms. The van der Waals surface area contributed by atoms with Gasteiger partial charge in [0.25, 0.3) is 0 Å². The van der Waals surface area contributed by atoms with E-state index in [0.29, 0.717) is 5.89 Å². The maximum absolute atomic E-state index is 6.41. The number of benzene rings is 5. The third-order valence-electron chi connectivity index (χ3n) is 6.84. The fourth-order valence-electron chi connectivity index (χ4n) is 5.31. The van der Waals surface area contributed by atoms with Crippen LogP contribution in [0, 0.1) is 0 Å². The van der Waals surface area contributed by atoms with E-state index < -0.39 is 0 Å². The SMILES string of the molecule is c1ccc(-c2nc3ccc4c(c5ccccc5n4-c4cccc5c4oc4ccccc45)c3o2)cc1. The summed E-state index contributed by atoms with van der Waals surface area (Å²) in [6.45, 7) is 0. The lowest BCUT2D eigenvalue weighted by atomic mass is 10.1. The van der Waals surface area contributed by atoms with E-state index in [9.17, 15) is 0 Å². The van der Waals surface area contributed by atoms with Gasteiger partial charge in [0.1, 0.15) is 11.1 Å². The van der Waals surface area contributed by atoms with E-state index in [1.165, 1.54) is 0 Å². The predicted molar refractivity (Wildman–Crippen MR) is 141 cm³/mol. The molecule has 0 atom stereocenters. The molecule has 8 rings (SSSR count). The Balaban J connectivity index is 1.50. The predicted octanol–water partition coefficient (Wildman–Crippen LogP) is 8.49. The maximum Gasteiger partial charge on any atom is 0.227 e. The molecule has 3 heterocycles. The third kappa shape index (κ3) is 2.53. The molecule has 0 saturated carbocycles. The molecule has 0 bridgehead atoms. The average molecular weight is 450 g/mol. The first kappa shape index (κ1) is 18.6. The Morgan fingerprint density at radius 1 is 0.543 bits per heavy atom. The van der Waals surface area contributed by atoms with Crippen LogP contribution in [0.2, 0.25) is 0 Å². The van der Waals surface area contributed by atoms with Crippen LogP contribution in [-0.4, -0.2) is 9.55 Å². The summed E-state index contributed by atoms with van der Waals surface area (Å²) >= 11 is 0. The molecule has 0 saturated heterocycles. The van der Waals surface area contributed by atoms with Crippen LogP contribution in [0.25, 0.3) is 72.0 Å². The van der Waals surface area contributed by atoms with Gasteiger partial charge < -0.3 is 13.4 Å².